The van der Waals surface area contributed by atoms with Crippen LogP contribution in [0.5, 0.6) is 0 Å². The van der Waals surface area contributed by atoms with Crippen molar-refractivity contribution in [1.82, 2.24) is 4.98 Å². The normalized spacial score (nSPS) is 10.3. The van der Waals surface area contributed by atoms with E-state index in [2.05, 4.69) is 55.2 Å². The Morgan fingerprint density at radius 1 is 0.778 bits per heavy atom. The van der Waals surface area contributed by atoms with Crippen LogP contribution in [0.25, 0.3) is 21.8 Å². The number of halogens is 1. The molecular formula is C24H16ClNS. The predicted molar refractivity (Wildman–Crippen MR) is 115 cm³/mol. The first-order valence-corrected chi connectivity index (χ1v) is 9.79. The summed E-state index contributed by atoms with van der Waals surface area (Å²) < 4.78 is 0. The highest BCUT2D eigenvalue weighted by atomic mass is 35.5. The summed E-state index contributed by atoms with van der Waals surface area (Å²) >= 11 is 7.59. The summed E-state index contributed by atoms with van der Waals surface area (Å²) in [6.07, 6.45) is 0. The topological polar surface area (TPSA) is 12.9 Å². The lowest BCUT2D eigenvalue weighted by atomic mass is 10.1. The van der Waals surface area contributed by atoms with E-state index >= 15 is 0 Å². The van der Waals surface area contributed by atoms with Crippen LogP contribution in [0.4, 0.5) is 0 Å². The van der Waals surface area contributed by atoms with Crippen LogP contribution in [0.15, 0.2) is 78.9 Å². The van der Waals surface area contributed by atoms with Crippen molar-refractivity contribution in [2.24, 2.45) is 0 Å². The zero-order valence-electron chi connectivity index (χ0n) is 14.7. The van der Waals surface area contributed by atoms with Crippen molar-refractivity contribution in [2.45, 2.75) is 6.92 Å². The zero-order valence-corrected chi connectivity index (χ0v) is 16.3. The Balaban J connectivity index is 1.80. The molecule has 0 aliphatic heterocycles. The third-order valence-corrected chi connectivity index (χ3v) is 5.41. The zero-order chi connectivity index (χ0) is 18.6. The van der Waals surface area contributed by atoms with Gasteiger partial charge in [0.25, 0.3) is 0 Å². The summed E-state index contributed by atoms with van der Waals surface area (Å²) in [5.74, 6) is 6.55. The van der Waals surface area contributed by atoms with E-state index in [-0.39, 0.29) is 0 Å². The van der Waals surface area contributed by atoms with E-state index in [0.29, 0.717) is 5.02 Å². The highest BCUT2D eigenvalue weighted by molar-refractivity contribution is 7.16. The summed E-state index contributed by atoms with van der Waals surface area (Å²) in [6.45, 7) is 2.08. The number of thiazole rings is 1. The Labute approximate surface area is 168 Å². The molecule has 0 aliphatic carbocycles. The summed E-state index contributed by atoms with van der Waals surface area (Å²) in [5.41, 5.74) is 5.28. The molecule has 0 aliphatic rings. The quantitative estimate of drug-likeness (QED) is 0.344. The van der Waals surface area contributed by atoms with Gasteiger partial charge in [-0.25, -0.2) is 4.98 Å². The van der Waals surface area contributed by atoms with Gasteiger partial charge in [0.05, 0.1) is 5.69 Å². The highest BCUT2D eigenvalue weighted by Gasteiger charge is 2.13. The fraction of sp³-hybridized carbons (Fsp3) is 0.0417. The van der Waals surface area contributed by atoms with Crippen molar-refractivity contribution >= 4 is 22.9 Å². The number of aromatic nitrogens is 1. The summed E-state index contributed by atoms with van der Waals surface area (Å²) in [6, 6.07) is 26.2. The third kappa shape index (κ3) is 4.11. The van der Waals surface area contributed by atoms with E-state index in [0.717, 1.165) is 32.3 Å². The molecule has 1 heterocycles. The predicted octanol–water partition coefficient (Wildman–Crippen LogP) is 6.84. The molecular weight excluding hydrogens is 370 g/mol. The third-order valence-electron chi connectivity index (χ3n) is 4.14. The molecule has 0 unspecified atom stereocenters. The molecule has 4 rings (SSSR count). The van der Waals surface area contributed by atoms with Crippen LogP contribution < -0.4 is 0 Å². The Morgan fingerprint density at radius 3 is 2.19 bits per heavy atom. The lowest BCUT2D eigenvalue weighted by Gasteiger charge is -1.99. The average Bonchev–Trinajstić information content (AvgIpc) is 3.13. The molecule has 0 fully saturated rings. The largest absolute Gasteiger partial charge is 0.235 e. The minimum atomic E-state index is 0.713. The monoisotopic (exact) mass is 385 g/mol. The SMILES string of the molecule is Cc1ccc(-c2nc(-c3ccccc3)sc2C#Cc2ccc(Cl)cc2)cc1. The fourth-order valence-electron chi connectivity index (χ4n) is 2.68. The van der Waals surface area contributed by atoms with Crippen molar-refractivity contribution in [3.8, 4) is 33.7 Å². The smallest absolute Gasteiger partial charge is 0.125 e. The first-order valence-electron chi connectivity index (χ1n) is 8.60. The Hall–Kier alpha value is -2.86. The van der Waals surface area contributed by atoms with Crippen LogP contribution in [0.1, 0.15) is 16.0 Å². The second-order valence-corrected chi connectivity index (χ2v) is 7.62. The van der Waals surface area contributed by atoms with Gasteiger partial charge < -0.3 is 0 Å². The van der Waals surface area contributed by atoms with Gasteiger partial charge in [-0.15, -0.1) is 11.3 Å². The fourth-order valence-corrected chi connectivity index (χ4v) is 3.75. The van der Waals surface area contributed by atoms with Crippen molar-refractivity contribution in [2.75, 3.05) is 0 Å². The first-order chi connectivity index (χ1) is 13.2. The molecule has 1 aromatic heterocycles. The molecule has 130 valence electrons. The Kier molecular flexibility index (Phi) is 5.07. The lowest BCUT2D eigenvalue weighted by Crippen LogP contribution is -1.83. The van der Waals surface area contributed by atoms with Crippen LogP contribution in [0.2, 0.25) is 5.02 Å². The van der Waals surface area contributed by atoms with Crippen molar-refractivity contribution in [3.63, 3.8) is 0 Å². The van der Waals surface area contributed by atoms with Gasteiger partial charge in [0.1, 0.15) is 9.88 Å². The number of rotatable bonds is 2. The van der Waals surface area contributed by atoms with Gasteiger partial charge in [-0.05, 0) is 37.1 Å². The molecule has 4 aromatic rings. The maximum Gasteiger partial charge on any atom is 0.125 e. The molecule has 0 radical (unpaired) electrons. The van der Waals surface area contributed by atoms with Gasteiger partial charge in [-0.3, -0.25) is 0 Å². The second-order valence-electron chi connectivity index (χ2n) is 6.19. The minimum absolute atomic E-state index is 0.713. The molecule has 0 saturated carbocycles. The molecule has 1 nitrogen and oxygen atoms in total. The van der Waals surface area contributed by atoms with Crippen LogP contribution in [-0.2, 0) is 0 Å². The average molecular weight is 386 g/mol. The number of nitrogens with zero attached hydrogens (tertiary/aromatic N) is 1. The van der Waals surface area contributed by atoms with E-state index in [1.54, 1.807) is 11.3 Å². The molecule has 0 bridgehead atoms. The molecule has 0 atom stereocenters. The molecule has 3 heteroatoms. The van der Waals surface area contributed by atoms with Crippen LogP contribution in [0.3, 0.4) is 0 Å². The first kappa shape index (κ1) is 17.5. The van der Waals surface area contributed by atoms with Gasteiger partial charge in [0.2, 0.25) is 0 Å². The number of hydrogen-bond acceptors (Lipinski definition) is 2. The highest BCUT2D eigenvalue weighted by Crippen LogP contribution is 2.33. The Bertz CT molecular complexity index is 1120. The standard InChI is InChI=1S/C24H16ClNS/c1-17-7-12-19(13-8-17)23-22(16-11-18-9-14-21(25)15-10-18)27-24(26-23)20-5-3-2-4-6-20/h2-10,12-15H,1H3. The van der Waals surface area contributed by atoms with Crippen molar-refractivity contribution in [3.05, 3.63) is 99.9 Å². The molecule has 3 aromatic carbocycles. The van der Waals surface area contributed by atoms with Crippen LogP contribution in [-0.4, -0.2) is 4.98 Å². The van der Waals surface area contributed by atoms with Crippen molar-refractivity contribution < 1.29 is 0 Å². The van der Waals surface area contributed by atoms with Gasteiger partial charge in [0.15, 0.2) is 0 Å². The number of hydrogen-bond donors (Lipinski definition) is 0. The van der Waals surface area contributed by atoms with E-state index in [1.807, 2.05) is 42.5 Å². The van der Waals surface area contributed by atoms with Crippen LogP contribution in [0, 0.1) is 18.8 Å². The maximum absolute atomic E-state index is 5.96. The van der Waals surface area contributed by atoms with E-state index in [4.69, 9.17) is 16.6 Å². The van der Waals surface area contributed by atoms with E-state index in [9.17, 15) is 0 Å². The number of benzene rings is 3. The maximum atomic E-state index is 5.96. The van der Waals surface area contributed by atoms with Crippen molar-refractivity contribution in [1.29, 1.82) is 0 Å². The molecule has 0 amide bonds. The van der Waals surface area contributed by atoms with E-state index in [1.165, 1.54) is 5.56 Å². The minimum Gasteiger partial charge on any atom is -0.235 e. The Morgan fingerprint density at radius 2 is 1.48 bits per heavy atom. The summed E-state index contributed by atoms with van der Waals surface area (Å²) in [5, 5.41) is 1.69. The van der Waals surface area contributed by atoms with Gasteiger partial charge in [-0.1, -0.05) is 77.7 Å². The van der Waals surface area contributed by atoms with E-state index < -0.39 is 0 Å². The van der Waals surface area contributed by atoms with Gasteiger partial charge >= 0.3 is 0 Å². The molecule has 27 heavy (non-hydrogen) atoms. The molecule has 0 N–H and O–H groups in total. The summed E-state index contributed by atoms with van der Waals surface area (Å²) in [4.78, 5) is 5.87. The lowest BCUT2D eigenvalue weighted by molar-refractivity contribution is 1.38. The second kappa shape index (κ2) is 7.80. The van der Waals surface area contributed by atoms with Crippen LogP contribution >= 0.6 is 22.9 Å². The molecule has 0 spiro atoms. The van der Waals surface area contributed by atoms with Gasteiger partial charge in [-0.2, -0.15) is 0 Å². The summed E-state index contributed by atoms with van der Waals surface area (Å²) in [7, 11) is 0. The van der Waals surface area contributed by atoms with Gasteiger partial charge in [0, 0.05) is 21.7 Å². The molecule has 0 saturated heterocycles. The number of aryl methyl sites for hydroxylation is 1.